The van der Waals surface area contributed by atoms with Gasteiger partial charge in [-0.15, -0.1) is 12.4 Å². The average Bonchev–Trinajstić information content (AvgIpc) is 4.16. The van der Waals surface area contributed by atoms with Gasteiger partial charge in [-0.25, -0.2) is 29.9 Å². The summed E-state index contributed by atoms with van der Waals surface area (Å²) in [4.78, 5) is 61.1. The number of carbonyl (C=O) groups is 3. The van der Waals surface area contributed by atoms with Crippen LogP contribution in [0.1, 0.15) is 121 Å². The van der Waals surface area contributed by atoms with Crippen LogP contribution in [0.5, 0.6) is 0 Å². The summed E-state index contributed by atoms with van der Waals surface area (Å²) < 4.78 is 13.2. The summed E-state index contributed by atoms with van der Waals surface area (Å²) in [5, 5.41) is 7.17. The van der Waals surface area contributed by atoms with Crippen molar-refractivity contribution >= 4 is 90.4 Å². The number of nitrogens with two attached hydrogens (primary N) is 1. The minimum absolute atomic E-state index is 0. The fourth-order valence-electron chi connectivity index (χ4n) is 5.97. The fraction of sp³-hybridized carbons (Fsp3) is 0.400. The lowest BCUT2D eigenvalue weighted by Gasteiger charge is -2.15. The number of fused-ring (bicyclic) bond motifs is 3. The molecule has 0 unspecified atom stereocenters. The van der Waals surface area contributed by atoms with Gasteiger partial charge in [0.25, 0.3) is 0 Å². The van der Waals surface area contributed by atoms with Crippen molar-refractivity contribution in [3.05, 3.63) is 94.3 Å². The summed E-state index contributed by atoms with van der Waals surface area (Å²) in [6.07, 6.45) is 7.06. The molecule has 60 heavy (non-hydrogen) atoms. The third kappa shape index (κ3) is 11.4. The zero-order chi connectivity index (χ0) is 42.9. The molecule has 0 amide bonds. The van der Waals surface area contributed by atoms with E-state index in [2.05, 4.69) is 77.2 Å². The first-order valence-electron chi connectivity index (χ1n) is 19.7. The predicted octanol–water partition coefficient (Wildman–Crippen LogP) is 9.78. The van der Waals surface area contributed by atoms with Crippen LogP contribution < -0.4 is 16.4 Å². The third-order valence-corrected chi connectivity index (χ3v) is 11.1. The molecule has 0 saturated heterocycles. The summed E-state index contributed by atoms with van der Waals surface area (Å²) in [7, 11) is 0. The summed E-state index contributed by atoms with van der Waals surface area (Å²) in [6, 6.07) is 16.1. The van der Waals surface area contributed by atoms with Crippen molar-refractivity contribution in [1.29, 1.82) is 0 Å². The Labute approximate surface area is 364 Å². The number of ketones is 3. The molecule has 0 spiro atoms. The van der Waals surface area contributed by atoms with Gasteiger partial charge < -0.3 is 16.4 Å². The number of halogens is 3. The molecule has 316 valence electrons. The molecular weight excluding hydrogens is 849 g/mol. The number of benzene rings is 3. The lowest BCUT2D eigenvalue weighted by atomic mass is 10.1. The number of carbonyl (C=O) groups excluding carboxylic acids is 3. The number of nitrogens with one attached hydrogen (secondary N) is 2. The maximum atomic E-state index is 13.2. The minimum Gasteiger partial charge on any atom is -0.363 e. The first-order valence-corrected chi connectivity index (χ1v) is 20.9. The van der Waals surface area contributed by atoms with Crippen molar-refractivity contribution in [2.75, 3.05) is 16.0 Å². The van der Waals surface area contributed by atoms with E-state index in [1.165, 1.54) is 19.8 Å². The van der Waals surface area contributed by atoms with Crippen LogP contribution >= 0.6 is 28.3 Å². The van der Waals surface area contributed by atoms with Crippen LogP contribution in [0, 0.1) is 26.7 Å². The number of hydrogen-bond acceptors (Lipinski definition) is 12. The SMILES string of the molecule is CC(=O)c1cccc2nc(C)c(F)nc12.CC(=O)c1cccc2nc(C)c(NC3(C)CC3)nc12.CC1(N)CC1.Cc1nc2cccc(C(=O)CBr)c2nc1NC1(C)CC1.Cl. The van der Waals surface area contributed by atoms with E-state index in [-0.39, 0.29) is 52.1 Å². The fourth-order valence-corrected chi connectivity index (χ4v) is 6.27. The molecule has 4 N–H and O–H groups in total. The van der Waals surface area contributed by atoms with Gasteiger partial charge in [-0.05, 0) is 130 Å². The molecule has 3 heterocycles. The van der Waals surface area contributed by atoms with E-state index >= 15 is 0 Å². The van der Waals surface area contributed by atoms with Gasteiger partial charge in [-0.3, -0.25) is 14.4 Å². The van der Waals surface area contributed by atoms with Crippen LogP contribution in [0.3, 0.4) is 0 Å². The zero-order valence-electron chi connectivity index (χ0n) is 35.3. The molecule has 3 aromatic heterocycles. The van der Waals surface area contributed by atoms with E-state index in [4.69, 9.17) is 5.73 Å². The predicted molar refractivity (Wildman–Crippen MR) is 243 cm³/mol. The summed E-state index contributed by atoms with van der Waals surface area (Å²) in [5.74, 6) is 0.854. The summed E-state index contributed by atoms with van der Waals surface area (Å²) in [5.41, 5.74) is 13.4. The first-order chi connectivity index (χ1) is 27.8. The Hall–Kier alpha value is -5.05. The van der Waals surface area contributed by atoms with Crippen molar-refractivity contribution in [3.8, 4) is 0 Å². The highest BCUT2D eigenvalue weighted by Gasteiger charge is 2.39. The summed E-state index contributed by atoms with van der Waals surface area (Å²) >= 11 is 3.22. The number of anilines is 2. The van der Waals surface area contributed by atoms with E-state index < -0.39 is 5.95 Å². The Morgan fingerprint density at radius 2 is 0.967 bits per heavy atom. The molecule has 0 radical (unpaired) electrons. The van der Waals surface area contributed by atoms with E-state index in [1.807, 2.05) is 38.1 Å². The average molecular weight is 901 g/mol. The lowest BCUT2D eigenvalue weighted by Crippen LogP contribution is -2.18. The number of nitrogens with zero attached hydrogens (tertiary/aromatic N) is 6. The Morgan fingerprint density at radius 1 is 0.617 bits per heavy atom. The van der Waals surface area contributed by atoms with Crippen molar-refractivity contribution in [2.45, 2.75) is 111 Å². The molecule has 0 aliphatic heterocycles. The molecule has 0 atom stereocenters. The van der Waals surface area contributed by atoms with Crippen molar-refractivity contribution in [2.24, 2.45) is 5.73 Å². The van der Waals surface area contributed by atoms with Crippen molar-refractivity contribution in [3.63, 3.8) is 0 Å². The quantitative estimate of drug-likeness (QED) is 0.0974. The van der Waals surface area contributed by atoms with Crippen molar-refractivity contribution in [1.82, 2.24) is 29.9 Å². The number of aryl methyl sites for hydroxylation is 3. The Balaban J connectivity index is 0.000000161. The molecule has 3 aliphatic carbocycles. The molecule has 3 aliphatic rings. The molecule has 6 aromatic rings. The van der Waals surface area contributed by atoms with Crippen LogP contribution in [-0.2, 0) is 0 Å². The van der Waals surface area contributed by atoms with Gasteiger partial charge in [0, 0.05) is 33.3 Å². The van der Waals surface area contributed by atoms with Gasteiger partial charge in [0.1, 0.15) is 28.2 Å². The van der Waals surface area contributed by atoms with Gasteiger partial charge in [-0.1, -0.05) is 34.1 Å². The molecule has 3 saturated carbocycles. The second kappa shape index (κ2) is 18.3. The number of hydrogen-bond donors (Lipinski definition) is 3. The van der Waals surface area contributed by atoms with Gasteiger partial charge >= 0.3 is 0 Å². The highest BCUT2D eigenvalue weighted by atomic mass is 79.9. The maximum absolute atomic E-state index is 13.2. The monoisotopic (exact) mass is 899 g/mol. The van der Waals surface area contributed by atoms with Gasteiger partial charge in [-0.2, -0.15) is 4.39 Å². The molecule has 12 nitrogen and oxygen atoms in total. The number of aromatic nitrogens is 6. The Morgan fingerprint density at radius 3 is 1.32 bits per heavy atom. The molecule has 3 aromatic carbocycles. The van der Waals surface area contributed by atoms with Gasteiger partial charge in [0.15, 0.2) is 17.3 Å². The Bertz CT molecular complexity index is 2610. The van der Waals surface area contributed by atoms with Crippen LogP contribution in [0.2, 0.25) is 0 Å². The number of para-hydroxylation sites is 3. The maximum Gasteiger partial charge on any atom is 0.234 e. The molecule has 15 heteroatoms. The van der Waals surface area contributed by atoms with Crippen LogP contribution in [-0.4, -0.2) is 69.2 Å². The molecular formula is C45H52BrClFN9O3. The Kier molecular flexibility index (Phi) is 14.0. The highest BCUT2D eigenvalue weighted by molar-refractivity contribution is 9.09. The van der Waals surface area contributed by atoms with Crippen LogP contribution in [0.15, 0.2) is 54.6 Å². The van der Waals surface area contributed by atoms with Crippen LogP contribution in [0.4, 0.5) is 16.0 Å². The standard InChI is InChI=1S/C15H16BrN3O.C15H17N3O.C11H9FN2O.C4H9N.ClH/c1-9-14(19-15(2)6-7-15)18-13-10(12(20)8-16)4-3-5-11(13)17-9;1-9-14(18-15(3)7-8-15)17-13-11(10(2)19)5-4-6-12(13)16-9;1-6-11(12)14-10-8(7(2)15)4-3-5-9(10)13-6;1-4(5)2-3-4;/h3-5H,6-8H2,1-2H3,(H,18,19);4-6H,7-8H2,1-3H3,(H,17,18);3-5H,1-2H3;2-3,5H2,1H3;1H. The second-order valence-electron chi connectivity index (χ2n) is 16.6. The van der Waals surface area contributed by atoms with Crippen LogP contribution in [0.25, 0.3) is 33.1 Å². The second-order valence-corrected chi connectivity index (χ2v) is 17.2. The zero-order valence-corrected chi connectivity index (χ0v) is 37.7. The normalized spacial score (nSPS) is 15.7. The largest absolute Gasteiger partial charge is 0.363 e. The highest BCUT2D eigenvalue weighted by Crippen LogP contribution is 2.39. The van der Waals surface area contributed by atoms with Gasteiger partial charge in [0.05, 0.1) is 39.0 Å². The first kappa shape index (κ1) is 46.0. The van der Waals surface area contributed by atoms with Gasteiger partial charge in [0.2, 0.25) is 5.95 Å². The summed E-state index contributed by atoms with van der Waals surface area (Å²) in [6.45, 7) is 14.8. The number of Topliss-reactive ketones (excluding diaryl/α,β-unsaturated/α-hetero) is 3. The van der Waals surface area contributed by atoms with E-state index in [0.717, 1.165) is 59.7 Å². The lowest BCUT2D eigenvalue weighted by molar-refractivity contribution is 0.101. The third-order valence-electron chi connectivity index (χ3n) is 10.6. The topological polar surface area (TPSA) is 179 Å². The van der Waals surface area contributed by atoms with E-state index in [0.29, 0.717) is 44.1 Å². The van der Waals surface area contributed by atoms with Crippen molar-refractivity contribution < 1.29 is 18.8 Å². The van der Waals surface area contributed by atoms with E-state index in [9.17, 15) is 18.8 Å². The number of rotatable bonds is 8. The molecule has 9 rings (SSSR count). The van der Waals surface area contributed by atoms with E-state index in [1.54, 1.807) is 44.2 Å². The molecule has 3 fully saturated rings. The number of alkyl halides is 1. The minimum atomic E-state index is -0.629. The smallest absolute Gasteiger partial charge is 0.234 e. The molecule has 0 bridgehead atoms.